The van der Waals surface area contributed by atoms with Crippen molar-refractivity contribution in [1.29, 1.82) is 0 Å². The average Bonchev–Trinajstić information content (AvgIpc) is 2.93. The summed E-state index contributed by atoms with van der Waals surface area (Å²) in [5, 5.41) is 9.24. The van der Waals surface area contributed by atoms with Crippen molar-refractivity contribution in [1.82, 2.24) is 14.9 Å². The second kappa shape index (κ2) is 5.16. The molecule has 7 heteroatoms. The Balaban J connectivity index is 2.03. The predicted octanol–water partition coefficient (Wildman–Crippen LogP) is 1.78. The van der Waals surface area contributed by atoms with Crippen molar-refractivity contribution in [3.05, 3.63) is 29.8 Å². The smallest absolute Gasteiger partial charge is 0.326 e. The number of aromatic nitrogens is 2. The van der Waals surface area contributed by atoms with Crippen LogP contribution < -0.4 is 0 Å². The van der Waals surface area contributed by atoms with Gasteiger partial charge in [0.05, 0.1) is 17.4 Å². The molecule has 1 saturated heterocycles. The number of aliphatic carboxylic acids is 1. The van der Waals surface area contributed by atoms with E-state index in [1.165, 1.54) is 17.3 Å². The van der Waals surface area contributed by atoms with Crippen LogP contribution in [-0.4, -0.2) is 44.4 Å². The number of H-pyrrole nitrogens is 1. The number of carboxylic acids is 1. The van der Waals surface area contributed by atoms with Gasteiger partial charge in [0.15, 0.2) is 0 Å². The molecule has 1 aromatic heterocycles. The maximum atomic E-state index is 13.6. The van der Waals surface area contributed by atoms with E-state index in [4.69, 9.17) is 0 Å². The van der Waals surface area contributed by atoms with Crippen molar-refractivity contribution in [2.24, 2.45) is 0 Å². The van der Waals surface area contributed by atoms with Gasteiger partial charge in [-0.3, -0.25) is 4.79 Å². The first-order valence-electron chi connectivity index (χ1n) is 6.74. The van der Waals surface area contributed by atoms with Crippen molar-refractivity contribution < 1.29 is 19.1 Å². The van der Waals surface area contributed by atoms with E-state index < -0.39 is 23.7 Å². The maximum Gasteiger partial charge on any atom is 0.326 e. The van der Waals surface area contributed by atoms with Crippen LogP contribution in [0.4, 0.5) is 4.39 Å². The van der Waals surface area contributed by atoms with E-state index in [1.54, 1.807) is 0 Å². The van der Waals surface area contributed by atoms with Crippen LogP contribution in [0, 0.1) is 5.82 Å². The summed E-state index contributed by atoms with van der Waals surface area (Å²) in [6.45, 7) is 0.359. The summed E-state index contributed by atoms with van der Waals surface area (Å²) in [5.41, 5.74) is 0.873. The zero-order chi connectivity index (χ0) is 15.0. The van der Waals surface area contributed by atoms with Crippen molar-refractivity contribution in [3.8, 4) is 0 Å². The molecular weight excluding hydrogens is 277 g/mol. The zero-order valence-electron chi connectivity index (χ0n) is 11.2. The number of hydrogen-bond acceptors (Lipinski definition) is 3. The van der Waals surface area contributed by atoms with Crippen LogP contribution in [0.25, 0.3) is 11.0 Å². The van der Waals surface area contributed by atoms with Crippen LogP contribution in [0.3, 0.4) is 0 Å². The van der Waals surface area contributed by atoms with Gasteiger partial charge in [0.25, 0.3) is 5.91 Å². The van der Waals surface area contributed by atoms with Crippen LogP contribution in [-0.2, 0) is 4.79 Å². The minimum Gasteiger partial charge on any atom is -0.480 e. The minimum absolute atomic E-state index is 0.0967. The van der Waals surface area contributed by atoms with E-state index in [0.29, 0.717) is 24.0 Å². The Bertz CT molecular complexity index is 713. The lowest BCUT2D eigenvalue weighted by atomic mass is 10.0. The molecule has 3 rings (SSSR count). The van der Waals surface area contributed by atoms with Crippen LogP contribution in [0.1, 0.15) is 29.6 Å². The first-order valence-corrected chi connectivity index (χ1v) is 6.74. The van der Waals surface area contributed by atoms with Crippen LogP contribution in [0.2, 0.25) is 0 Å². The lowest BCUT2D eigenvalue weighted by molar-refractivity contribution is -0.143. The van der Waals surface area contributed by atoms with Crippen molar-refractivity contribution in [3.63, 3.8) is 0 Å². The highest BCUT2D eigenvalue weighted by Gasteiger charge is 2.33. The summed E-state index contributed by atoms with van der Waals surface area (Å²) in [7, 11) is 0. The summed E-state index contributed by atoms with van der Waals surface area (Å²) in [6, 6.07) is 1.51. The molecule has 2 heterocycles. The SMILES string of the molecule is O=C(O)C1CCCCN1C(=O)c1cc(F)cc2[nH]cnc12. The number of imidazole rings is 1. The Morgan fingerprint density at radius 2 is 2.19 bits per heavy atom. The first-order chi connectivity index (χ1) is 10.1. The summed E-state index contributed by atoms with van der Waals surface area (Å²) >= 11 is 0. The molecule has 6 nitrogen and oxygen atoms in total. The number of fused-ring (bicyclic) bond motifs is 1. The number of benzene rings is 1. The molecular formula is C14H14FN3O3. The number of amides is 1. The van der Waals surface area contributed by atoms with Gasteiger partial charge in [-0.05, 0) is 31.4 Å². The standard InChI is InChI=1S/C14H14FN3O3/c15-8-5-9(12-10(6-8)16-7-17-12)13(19)18-4-2-1-3-11(18)14(20)21/h5-7,11H,1-4H2,(H,16,17)(H,20,21). The lowest BCUT2D eigenvalue weighted by Crippen LogP contribution is -2.48. The average molecular weight is 291 g/mol. The van der Waals surface area contributed by atoms with Gasteiger partial charge in [-0.1, -0.05) is 0 Å². The Kier molecular flexibility index (Phi) is 3.32. The van der Waals surface area contributed by atoms with Crippen molar-refractivity contribution in [2.75, 3.05) is 6.54 Å². The van der Waals surface area contributed by atoms with E-state index in [9.17, 15) is 19.1 Å². The molecule has 1 amide bonds. The Morgan fingerprint density at radius 3 is 2.95 bits per heavy atom. The minimum atomic E-state index is -1.03. The van der Waals surface area contributed by atoms with E-state index in [0.717, 1.165) is 18.9 Å². The fourth-order valence-corrected chi connectivity index (χ4v) is 2.76. The summed E-state index contributed by atoms with van der Waals surface area (Å²) in [6.07, 6.45) is 3.31. The monoisotopic (exact) mass is 291 g/mol. The molecule has 2 aromatic rings. The third-order valence-corrected chi connectivity index (χ3v) is 3.77. The van der Waals surface area contributed by atoms with Crippen molar-refractivity contribution >= 4 is 22.9 Å². The largest absolute Gasteiger partial charge is 0.480 e. The molecule has 2 N–H and O–H groups in total. The molecule has 1 aromatic carbocycles. The molecule has 0 radical (unpaired) electrons. The maximum absolute atomic E-state index is 13.6. The fraction of sp³-hybridized carbons (Fsp3) is 0.357. The highest BCUT2D eigenvalue weighted by Crippen LogP contribution is 2.24. The van der Waals surface area contributed by atoms with Gasteiger partial charge in [-0.25, -0.2) is 14.2 Å². The Hall–Kier alpha value is -2.44. The van der Waals surface area contributed by atoms with E-state index >= 15 is 0 Å². The van der Waals surface area contributed by atoms with Crippen LogP contribution in [0.5, 0.6) is 0 Å². The topological polar surface area (TPSA) is 86.3 Å². The number of rotatable bonds is 2. The molecule has 21 heavy (non-hydrogen) atoms. The molecule has 1 aliphatic heterocycles. The second-order valence-corrected chi connectivity index (χ2v) is 5.10. The molecule has 1 aliphatic rings. The van der Waals surface area contributed by atoms with E-state index in [2.05, 4.69) is 9.97 Å². The molecule has 1 fully saturated rings. The number of piperidine rings is 1. The van der Waals surface area contributed by atoms with Crippen molar-refractivity contribution in [2.45, 2.75) is 25.3 Å². The highest BCUT2D eigenvalue weighted by molar-refractivity contribution is 6.06. The molecule has 0 bridgehead atoms. The molecule has 0 saturated carbocycles. The molecule has 1 unspecified atom stereocenters. The molecule has 0 spiro atoms. The number of carboxylic acid groups (broad SMARTS) is 1. The lowest BCUT2D eigenvalue weighted by Gasteiger charge is -2.33. The predicted molar refractivity (Wildman–Crippen MR) is 72.4 cm³/mol. The van der Waals surface area contributed by atoms with Gasteiger partial charge < -0.3 is 15.0 Å². The van der Waals surface area contributed by atoms with Gasteiger partial charge in [0, 0.05) is 6.54 Å². The number of aromatic amines is 1. The molecule has 110 valence electrons. The van der Waals surface area contributed by atoms with E-state index in [-0.39, 0.29) is 5.56 Å². The number of nitrogens with one attached hydrogen (secondary N) is 1. The zero-order valence-corrected chi connectivity index (χ0v) is 11.2. The van der Waals surface area contributed by atoms with Gasteiger partial charge in [-0.2, -0.15) is 0 Å². The summed E-state index contributed by atoms with van der Waals surface area (Å²) in [4.78, 5) is 32.0. The summed E-state index contributed by atoms with van der Waals surface area (Å²) in [5.74, 6) is -2.07. The first kappa shape index (κ1) is 13.5. The number of hydrogen-bond donors (Lipinski definition) is 2. The molecule has 1 atom stereocenters. The number of carbonyl (C=O) groups excluding carboxylic acids is 1. The summed E-state index contributed by atoms with van der Waals surface area (Å²) < 4.78 is 13.6. The number of halogens is 1. The number of nitrogens with zero attached hydrogens (tertiary/aromatic N) is 2. The Morgan fingerprint density at radius 1 is 1.38 bits per heavy atom. The second-order valence-electron chi connectivity index (χ2n) is 5.10. The Labute approximate surface area is 119 Å². The van der Waals surface area contributed by atoms with Crippen LogP contribution >= 0.6 is 0 Å². The quantitative estimate of drug-likeness (QED) is 0.883. The van der Waals surface area contributed by atoms with Gasteiger partial charge >= 0.3 is 5.97 Å². The third-order valence-electron chi connectivity index (χ3n) is 3.77. The number of likely N-dealkylation sites (tertiary alicyclic amines) is 1. The van der Waals surface area contributed by atoms with Gasteiger partial charge in [-0.15, -0.1) is 0 Å². The third kappa shape index (κ3) is 2.35. The van der Waals surface area contributed by atoms with E-state index in [1.807, 2.05) is 0 Å². The number of carbonyl (C=O) groups is 2. The van der Waals surface area contributed by atoms with Crippen LogP contribution in [0.15, 0.2) is 18.5 Å². The van der Waals surface area contributed by atoms with Gasteiger partial charge in [0.2, 0.25) is 0 Å². The fourth-order valence-electron chi connectivity index (χ4n) is 2.76. The van der Waals surface area contributed by atoms with Gasteiger partial charge in [0.1, 0.15) is 17.4 Å². The molecule has 0 aliphatic carbocycles. The normalized spacial score (nSPS) is 18.9. The highest BCUT2D eigenvalue weighted by atomic mass is 19.1.